The molecule has 0 aliphatic rings. The van der Waals surface area contributed by atoms with E-state index in [4.69, 9.17) is 4.74 Å². The van der Waals surface area contributed by atoms with Gasteiger partial charge in [0.15, 0.2) is 0 Å². The van der Waals surface area contributed by atoms with Gasteiger partial charge in [0.25, 0.3) is 5.56 Å². The predicted octanol–water partition coefficient (Wildman–Crippen LogP) is 1.09. The third-order valence-electron chi connectivity index (χ3n) is 1.53. The fraction of sp³-hybridized carbons (Fsp3) is 0.333. The lowest BCUT2D eigenvalue weighted by molar-refractivity contribution is 0.272. The standard InChI is InChI=1S/C9H12N2O2/c1-3-13-5-4-8-7(2)6-9(12)11-10-8/h4-6H,3H2,1-2H3,(H,11,12). The van der Waals surface area contributed by atoms with Crippen molar-refractivity contribution in [1.82, 2.24) is 10.2 Å². The van der Waals surface area contributed by atoms with Gasteiger partial charge in [-0.2, -0.15) is 5.10 Å². The summed E-state index contributed by atoms with van der Waals surface area (Å²) in [7, 11) is 0. The molecule has 0 atom stereocenters. The smallest absolute Gasteiger partial charge is 0.264 e. The third kappa shape index (κ3) is 2.74. The summed E-state index contributed by atoms with van der Waals surface area (Å²) in [6.45, 7) is 4.35. The Morgan fingerprint density at radius 3 is 3.08 bits per heavy atom. The molecule has 1 heterocycles. The van der Waals surface area contributed by atoms with Gasteiger partial charge in [0, 0.05) is 12.1 Å². The average Bonchev–Trinajstić information content (AvgIpc) is 2.09. The van der Waals surface area contributed by atoms with Crippen LogP contribution in [-0.4, -0.2) is 16.8 Å². The van der Waals surface area contributed by atoms with Crippen molar-refractivity contribution in [2.24, 2.45) is 0 Å². The van der Waals surface area contributed by atoms with Crippen LogP contribution in [0.5, 0.6) is 0 Å². The summed E-state index contributed by atoms with van der Waals surface area (Å²) in [6.07, 6.45) is 3.28. The van der Waals surface area contributed by atoms with Crippen molar-refractivity contribution in [3.8, 4) is 0 Å². The quantitative estimate of drug-likeness (QED) is 0.708. The van der Waals surface area contributed by atoms with Gasteiger partial charge in [0.1, 0.15) is 0 Å². The maximum atomic E-state index is 10.8. The number of aromatic nitrogens is 2. The average molecular weight is 180 g/mol. The summed E-state index contributed by atoms with van der Waals surface area (Å²) >= 11 is 0. The van der Waals surface area contributed by atoms with E-state index in [2.05, 4.69) is 10.2 Å². The van der Waals surface area contributed by atoms with Gasteiger partial charge < -0.3 is 4.74 Å². The fourth-order valence-electron chi connectivity index (χ4n) is 0.884. The molecule has 0 aliphatic heterocycles. The number of hydrogen-bond donors (Lipinski definition) is 1. The molecule has 1 aromatic rings. The van der Waals surface area contributed by atoms with Crippen molar-refractivity contribution in [3.05, 3.63) is 33.9 Å². The van der Waals surface area contributed by atoms with Crippen LogP contribution >= 0.6 is 0 Å². The molecule has 4 nitrogen and oxygen atoms in total. The van der Waals surface area contributed by atoms with Gasteiger partial charge in [-0.1, -0.05) is 0 Å². The molecule has 0 aliphatic carbocycles. The number of H-pyrrole nitrogens is 1. The highest BCUT2D eigenvalue weighted by Gasteiger charge is 1.95. The van der Waals surface area contributed by atoms with E-state index in [0.717, 1.165) is 5.56 Å². The van der Waals surface area contributed by atoms with Crippen LogP contribution in [-0.2, 0) is 4.74 Å². The predicted molar refractivity (Wildman–Crippen MR) is 50.3 cm³/mol. The van der Waals surface area contributed by atoms with Gasteiger partial charge >= 0.3 is 0 Å². The largest absolute Gasteiger partial charge is 0.501 e. The molecule has 1 rings (SSSR count). The van der Waals surface area contributed by atoms with Crippen molar-refractivity contribution >= 4 is 6.08 Å². The topological polar surface area (TPSA) is 55.0 Å². The lowest BCUT2D eigenvalue weighted by atomic mass is 10.2. The molecule has 0 spiro atoms. The number of rotatable bonds is 3. The van der Waals surface area contributed by atoms with Gasteiger partial charge in [0.05, 0.1) is 18.6 Å². The van der Waals surface area contributed by atoms with Crippen molar-refractivity contribution in [2.75, 3.05) is 6.61 Å². The van der Waals surface area contributed by atoms with Crippen LogP contribution in [0, 0.1) is 6.92 Å². The lowest BCUT2D eigenvalue weighted by Gasteiger charge is -1.96. The number of nitrogens with zero attached hydrogens (tertiary/aromatic N) is 1. The Morgan fingerprint density at radius 2 is 2.46 bits per heavy atom. The maximum absolute atomic E-state index is 10.8. The number of aromatic amines is 1. The summed E-state index contributed by atoms with van der Waals surface area (Å²) in [5.74, 6) is 0. The summed E-state index contributed by atoms with van der Waals surface area (Å²) in [5, 5.41) is 6.20. The van der Waals surface area contributed by atoms with E-state index in [1.54, 1.807) is 12.3 Å². The highest BCUT2D eigenvalue weighted by atomic mass is 16.5. The molecule has 0 saturated carbocycles. The first-order chi connectivity index (χ1) is 6.24. The molecule has 0 radical (unpaired) electrons. The Kier molecular flexibility index (Phi) is 3.25. The molecule has 13 heavy (non-hydrogen) atoms. The molecule has 0 bridgehead atoms. The van der Waals surface area contributed by atoms with Crippen LogP contribution in [0.2, 0.25) is 0 Å². The maximum Gasteiger partial charge on any atom is 0.264 e. The Labute approximate surface area is 76.2 Å². The summed E-state index contributed by atoms with van der Waals surface area (Å²) in [5.41, 5.74) is 1.36. The molecule has 0 saturated heterocycles. The monoisotopic (exact) mass is 180 g/mol. The van der Waals surface area contributed by atoms with Gasteiger partial charge in [0.2, 0.25) is 0 Å². The minimum atomic E-state index is -0.189. The van der Waals surface area contributed by atoms with Crippen molar-refractivity contribution in [1.29, 1.82) is 0 Å². The highest BCUT2D eigenvalue weighted by molar-refractivity contribution is 5.46. The van der Waals surface area contributed by atoms with Crippen LogP contribution in [0.15, 0.2) is 17.1 Å². The van der Waals surface area contributed by atoms with Crippen molar-refractivity contribution in [3.63, 3.8) is 0 Å². The first-order valence-corrected chi connectivity index (χ1v) is 4.08. The van der Waals surface area contributed by atoms with Gasteiger partial charge in [-0.3, -0.25) is 4.79 Å². The molecule has 0 unspecified atom stereocenters. The molecular weight excluding hydrogens is 168 g/mol. The van der Waals surface area contributed by atoms with E-state index in [0.29, 0.717) is 12.3 Å². The van der Waals surface area contributed by atoms with Crippen molar-refractivity contribution in [2.45, 2.75) is 13.8 Å². The summed E-state index contributed by atoms with van der Waals surface area (Å²) in [6, 6.07) is 1.50. The van der Waals surface area contributed by atoms with Gasteiger partial charge in [-0.15, -0.1) is 0 Å². The van der Waals surface area contributed by atoms with E-state index >= 15 is 0 Å². The number of aryl methyl sites for hydroxylation is 1. The van der Waals surface area contributed by atoms with E-state index in [1.807, 2.05) is 13.8 Å². The first-order valence-electron chi connectivity index (χ1n) is 4.08. The molecule has 1 aromatic heterocycles. The third-order valence-corrected chi connectivity index (χ3v) is 1.53. The molecule has 0 fully saturated rings. The van der Waals surface area contributed by atoms with Gasteiger partial charge in [-0.25, -0.2) is 5.10 Å². The zero-order valence-corrected chi connectivity index (χ0v) is 7.70. The Balaban J connectivity index is 2.83. The minimum Gasteiger partial charge on any atom is -0.501 e. The second-order valence-electron chi connectivity index (χ2n) is 2.56. The molecule has 0 aromatic carbocycles. The van der Waals surface area contributed by atoms with Crippen LogP contribution in [0.1, 0.15) is 18.2 Å². The van der Waals surface area contributed by atoms with E-state index in [-0.39, 0.29) is 5.56 Å². The second kappa shape index (κ2) is 4.45. The Morgan fingerprint density at radius 1 is 1.69 bits per heavy atom. The summed E-state index contributed by atoms with van der Waals surface area (Å²) in [4.78, 5) is 10.8. The minimum absolute atomic E-state index is 0.189. The van der Waals surface area contributed by atoms with E-state index in [9.17, 15) is 4.79 Å². The molecule has 4 heteroatoms. The van der Waals surface area contributed by atoms with Crippen molar-refractivity contribution < 1.29 is 4.74 Å². The van der Waals surface area contributed by atoms with Crippen LogP contribution in [0.25, 0.3) is 6.08 Å². The molecular formula is C9H12N2O2. The number of nitrogens with one attached hydrogen (secondary N) is 1. The lowest BCUT2D eigenvalue weighted by Crippen LogP contribution is -2.08. The van der Waals surface area contributed by atoms with E-state index in [1.165, 1.54) is 6.07 Å². The van der Waals surface area contributed by atoms with Gasteiger partial charge in [-0.05, 0) is 19.4 Å². The van der Waals surface area contributed by atoms with Crippen LogP contribution in [0.4, 0.5) is 0 Å². The normalized spacial score (nSPS) is 10.6. The number of ether oxygens (including phenoxy) is 1. The molecule has 1 N–H and O–H groups in total. The molecule has 0 amide bonds. The van der Waals surface area contributed by atoms with Crippen LogP contribution < -0.4 is 5.56 Å². The zero-order valence-electron chi connectivity index (χ0n) is 7.70. The molecule has 70 valence electrons. The SMILES string of the molecule is CCOC=Cc1n[nH]c(=O)cc1C. The first kappa shape index (κ1) is 9.51. The second-order valence-corrected chi connectivity index (χ2v) is 2.56. The fourth-order valence-corrected chi connectivity index (χ4v) is 0.884. The Bertz CT molecular complexity index is 355. The Hall–Kier alpha value is -1.58. The summed E-state index contributed by atoms with van der Waals surface area (Å²) < 4.78 is 5.01. The van der Waals surface area contributed by atoms with E-state index < -0.39 is 0 Å². The van der Waals surface area contributed by atoms with Crippen LogP contribution in [0.3, 0.4) is 0 Å². The highest BCUT2D eigenvalue weighted by Crippen LogP contribution is 2.01. The number of hydrogen-bond acceptors (Lipinski definition) is 3. The zero-order chi connectivity index (χ0) is 9.68.